The molecular weight excluding hydrogens is 167 g/mol. The average Bonchev–Trinajstić information content (AvgIpc) is 1.61. The second-order valence-electron chi connectivity index (χ2n) is 0.621. The minimum absolute atomic E-state index is 0.530. The van der Waals surface area contributed by atoms with Gasteiger partial charge in [-0.25, -0.2) is 0 Å². The Labute approximate surface area is 46.3 Å². The summed E-state index contributed by atoms with van der Waals surface area (Å²) in [4.78, 5) is 0. The van der Waals surface area contributed by atoms with Gasteiger partial charge in [0.25, 0.3) is 0 Å². The van der Waals surface area contributed by atoms with Gasteiger partial charge in [-0.2, -0.15) is 0 Å². The highest BCUT2D eigenvalue weighted by molar-refractivity contribution is 9.09. The van der Waals surface area contributed by atoms with Crippen molar-refractivity contribution in [3.63, 3.8) is 0 Å². The van der Waals surface area contributed by atoms with Gasteiger partial charge in [0, 0.05) is 5.33 Å². The smallest absolute Gasteiger partial charge is 0.147 e. The lowest BCUT2D eigenvalue weighted by molar-refractivity contribution is 0.370. The molecule has 2 nitrogen and oxygen atoms in total. The molecule has 0 amide bonds. The number of hydrogen-bond acceptors (Lipinski definition) is 2. The van der Waals surface area contributed by atoms with Gasteiger partial charge in [0.05, 0.1) is 0 Å². The zero-order valence-corrected chi connectivity index (χ0v) is 5.69. The minimum Gasteiger partial charge on any atom is -0.147 e. The Bertz CT molecular complexity index is 40.5. The van der Waals surface area contributed by atoms with E-state index in [4.69, 9.17) is 0 Å². The van der Waals surface area contributed by atoms with E-state index in [0.29, 0.717) is 6.61 Å². The molecule has 0 aliphatic rings. The molecule has 36 valence electrons. The van der Waals surface area contributed by atoms with Crippen molar-refractivity contribution in [1.82, 2.24) is 0 Å². The van der Waals surface area contributed by atoms with Gasteiger partial charge >= 0.3 is 8.69 Å². The van der Waals surface area contributed by atoms with Crippen molar-refractivity contribution in [3.8, 4) is 0 Å². The van der Waals surface area contributed by atoms with Gasteiger partial charge < -0.3 is 0 Å². The monoisotopic (exact) mass is 171 g/mol. The van der Waals surface area contributed by atoms with Gasteiger partial charge in [0.1, 0.15) is 6.61 Å². The van der Waals surface area contributed by atoms with Crippen LogP contribution < -0.4 is 0 Å². The Morgan fingerprint density at radius 1 is 1.83 bits per heavy atom. The van der Waals surface area contributed by atoms with Crippen molar-refractivity contribution >= 4 is 24.6 Å². The van der Waals surface area contributed by atoms with Crippen LogP contribution in [0.1, 0.15) is 0 Å². The topological polar surface area (TPSA) is 26.3 Å². The highest BCUT2D eigenvalue weighted by Crippen LogP contribution is 1.93. The molecule has 1 atom stereocenters. The van der Waals surface area contributed by atoms with Crippen molar-refractivity contribution in [2.75, 3.05) is 11.9 Å². The third kappa shape index (κ3) is 4.54. The maximum absolute atomic E-state index is 9.47. The Morgan fingerprint density at radius 3 is 2.67 bits per heavy atom. The summed E-state index contributed by atoms with van der Waals surface area (Å²) in [6, 6.07) is 0. The summed E-state index contributed by atoms with van der Waals surface area (Å²) in [6.45, 7) is 0.530. The van der Waals surface area contributed by atoms with Crippen LogP contribution >= 0.6 is 24.6 Å². The predicted octanol–water partition coefficient (Wildman–Crippen LogP) is 1.34. The number of rotatable bonds is 3. The zero-order chi connectivity index (χ0) is 4.83. The maximum Gasteiger partial charge on any atom is 0.494 e. The summed E-state index contributed by atoms with van der Waals surface area (Å²) in [7, 11) is -0.615. The lowest BCUT2D eigenvalue weighted by atomic mass is 10.9. The molecular formula is C2H5BrO2P+. The van der Waals surface area contributed by atoms with E-state index in [1.807, 2.05) is 0 Å². The molecule has 4 heteroatoms. The molecule has 0 aliphatic carbocycles. The molecule has 0 rings (SSSR count). The van der Waals surface area contributed by atoms with Crippen LogP contribution in [0.2, 0.25) is 0 Å². The number of hydrogen-bond donors (Lipinski definition) is 0. The highest BCUT2D eigenvalue weighted by Gasteiger charge is 1.84. The normalized spacial score (nSPS) is 9.50. The lowest BCUT2D eigenvalue weighted by Crippen LogP contribution is -1.79. The van der Waals surface area contributed by atoms with Gasteiger partial charge in [-0.1, -0.05) is 15.9 Å². The summed E-state index contributed by atoms with van der Waals surface area (Å²) in [6.07, 6.45) is 0. The van der Waals surface area contributed by atoms with E-state index in [2.05, 4.69) is 20.5 Å². The fourth-order valence-corrected chi connectivity index (χ4v) is 0.726. The van der Waals surface area contributed by atoms with Crippen molar-refractivity contribution in [1.29, 1.82) is 0 Å². The van der Waals surface area contributed by atoms with Gasteiger partial charge in [0.15, 0.2) is 0 Å². The van der Waals surface area contributed by atoms with Crippen LogP contribution in [0.25, 0.3) is 0 Å². The molecule has 0 aromatic rings. The van der Waals surface area contributed by atoms with Crippen LogP contribution in [0.3, 0.4) is 0 Å². The molecule has 0 saturated heterocycles. The summed E-state index contributed by atoms with van der Waals surface area (Å²) in [5.41, 5.74) is 0. The molecule has 0 fully saturated rings. The first kappa shape index (κ1) is 6.54. The Hall–Kier alpha value is 0.540. The van der Waals surface area contributed by atoms with Crippen LogP contribution in [-0.2, 0) is 9.09 Å². The third-order valence-corrected chi connectivity index (χ3v) is 0.884. The van der Waals surface area contributed by atoms with Crippen molar-refractivity contribution in [3.05, 3.63) is 0 Å². The molecule has 0 heterocycles. The van der Waals surface area contributed by atoms with Crippen LogP contribution in [0.4, 0.5) is 0 Å². The molecule has 0 spiro atoms. The molecule has 0 bridgehead atoms. The van der Waals surface area contributed by atoms with Gasteiger partial charge in [0.2, 0.25) is 0 Å². The first-order valence-corrected chi connectivity index (χ1v) is 3.40. The van der Waals surface area contributed by atoms with Crippen molar-refractivity contribution in [2.45, 2.75) is 0 Å². The van der Waals surface area contributed by atoms with E-state index in [1.165, 1.54) is 0 Å². The van der Waals surface area contributed by atoms with E-state index < -0.39 is 8.69 Å². The van der Waals surface area contributed by atoms with Crippen LogP contribution in [0.15, 0.2) is 0 Å². The van der Waals surface area contributed by atoms with Gasteiger partial charge in [-0.15, -0.1) is 4.52 Å². The Kier molecular flexibility index (Phi) is 6.04. The second-order valence-corrected chi connectivity index (χ2v) is 1.87. The van der Waals surface area contributed by atoms with Crippen LogP contribution in [-0.4, -0.2) is 11.9 Å². The number of alkyl halides is 1. The van der Waals surface area contributed by atoms with E-state index >= 15 is 0 Å². The van der Waals surface area contributed by atoms with E-state index in [1.54, 1.807) is 0 Å². The highest BCUT2D eigenvalue weighted by atomic mass is 79.9. The summed E-state index contributed by atoms with van der Waals surface area (Å²) in [5.74, 6) is 0. The van der Waals surface area contributed by atoms with Crippen molar-refractivity contribution in [2.24, 2.45) is 0 Å². The molecule has 6 heavy (non-hydrogen) atoms. The summed E-state index contributed by atoms with van der Waals surface area (Å²) in [5, 5.41) is 0.752. The van der Waals surface area contributed by atoms with E-state index in [-0.39, 0.29) is 0 Å². The van der Waals surface area contributed by atoms with Gasteiger partial charge in [-0.05, 0) is 4.57 Å². The predicted molar refractivity (Wildman–Crippen MR) is 28.7 cm³/mol. The first-order valence-electron chi connectivity index (χ1n) is 1.46. The molecule has 0 aromatic carbocycles. The van der Waals surface area contributed by atoms with E-state index in [9.17, 15) is 4.57 Å². The molecule has 1 unspecified atom stereocenters. The molecule has 0 N–H and O–H groups in total. The SMILES string of the molecule is O=[PH+]OCCBr. The van der Waals surface area contributed by atoms with Crippen molar-refractivity contribution < 1.29 is 9.09 Å². The molecule has 0 aliphatic heterocycles. The largest absolute Gasteiger partial charge is 0.494 e. The van der Waals surface area contributed by atoms with Crippen LogP contribution in [0.5, 0.6) is 0 Å². The fourth-order valence-electron chi connectivity index (χ4n) is 0.0802. The maximum atomic E-state index is 9.47. The number of halogens is 1. The Morgan fingerprint density at radius 2 is 2.50 bits per heavy atom. The third-order valence-electron chi connectivity index (χ3n) is 0.238. The summed E-state index contributed by atoms with van der Waals surface area (Å²) < 4.78 is 13.9. The Balaban J connectivity index is 2.49. The second kappa shape index (κ2) is 5.54. The summed E-state index contributed by atoms with van der Waals surface area (Å²) >= 11 is 3.09. The zero-order valence-electron chi connectivity index (χ0n) is 3.11. The fraction of sp³-hybridized carbons (Fsp3) is 1.00. The molecule has 0 aromatic heterocycles. The van der Waals surface area contributed by atoms with E-state index in [0.717, 1.165) is 5.33 Å². The average molecular weight is 172 g/mol. The first-order chi connectivity index (χ1) is 2.91. The van der Waals surface area contributed by atoms with Crippen LogP contribution in [0, 0.1) is 0 Å². The molecule has 0 saturated carbocycles. The standard InChI is InChI=1S/C2H5BrO2P/c3-1-2-5-6-4/h6H,1-2H2/q+1. The molecule has 0 radical (unpaired) electrons. The minimum atomic E-state index is -0.615. The van der Waals surface area contributed by atoms with Gasteiger partial charge in [-0.3, -0.25) is 0 Å². The lowest BCUT2D eigenvalue weighted by Gasteiger charge is -1.72. The quantitative estimate of drug-likeness (QED) is 0.364.